The van der Waals surface area contributed by atoms with Crippen molar-refractivity contribution in [1.29, 1.82) is 0 Å². The highest BCUT2D eigenvalue weighted by molar-refractivity contribution is 4.96. The van der Waals surface area contributed by atoms with E-state index in [9.17, 15) is 0 Å². The second kappa shape index (κ2) is 4.55. The Morgan fingerprint density at radius 3 is 2.47 bits per heavy atom. The molecule has 3 fully saturated rings. The Bertz CT molecular complexity index is 270. The smallest absolute Gasteiger partial charge is 0.0198 e. The van der Waals surface area contributed by atoms with Crippen LogP contribution in [0.3, 0.4) is 0 Å². The van der Waals surface area contributed by atoms with Crippen molar-refractivity contribution in [1.82, 2.24) is 10.2 Å². The Morgan fingerprint density at radius 1 is 1.00 bits per heavy atom. The van der Waals surface area contributed by atoms with E-state index < -0.39 is 0 Å². The first-order valence-corrected chi connectivity index (χ1v) is 7.65. The van der Waals surface area contributed by atoms with Gasteiger partial charge >= 0.3 is 0 Å². The maximum absolute atomic E-state index is 3.83. The minimum Gasteiger partial charge on any atom is -0.310 e. The molecule has 2 atom stereocenters. The van der Waals surface area contributed by atoms with Crippen LogP contribution in [0.5, 0.6) is 0 Å². The van der Waals surface area contributed by atoms with Crippen molar-refractivity contribution in [2.75, 3.05) is 13.1 Å². The first-order valence-electron chi connectivity index (χ1n) is 7.65. The SMILES string of the molecule is CC1(C)CCCC1N1CCCC(NC2CC2)C1. The molecule has 1 aliphatic heterocycles. The number of likely N-dealkylation sites (tertiary alicyclic amines) is 1. The summed E-state index contributed by atoms with van der Waals surface area (Å²) in [5, 5.41) is 3.83. The van der Waals surface area contributed by atoms with E-state index in [4.69, 9.17) is 0 Å². The molecule has 1 heterocycles. The molecule has 3 rings (SSSR count). The summed E-state index contributed by atoms with van der Waals surface area (Å²) in [5.41, 5.74) is 0.557. The zero-order valence-corrected chi connectivity index (χ0v) is 11.5. The molecule has 0 bridgehead atoms. The van der Waals surface area contributed by atoms with E-state index in [-0.39, 0.29) is 0 Å². The standard InChI is InChI=1S/C15H28N2/c1-15(2)9-3-6-14(15)17-10-4-5-13(11-17)16-12-7-8-12/h12-14,16H,3-11H2,1-2H3. The topological polar surface area (TPSA) is 15.3 Å². The molecule has 98 valence electrons. The molecule has 2 unspecified atom stereocenters. The van der Waals surface area contributed by atoms with Gasteiger partial charge in [-0.1, -0.05) is 20.3 Å². The molecule has 0 spiro atoms. The van der Waals surface area contributed by atoms with E-state index in [1.165, 1.54) is 58.0 Å². The Balaban J connectivity index is 1.58. The Labute approximate surface area is 106 Å². The number of nitrogens with zero attached hydrogens (tertiary/aromatic N) is 1. The molecule has 0 amide bonds. The number of hydrogen-bond donors (Lipinski definition) is 1. The third-order valence-electron chi connectivity index (χ3n) is 5.14. The van der Waals surface area contributed by atoms with Crippen LogP contribution in [0.2, 0.25) is 0 Å². The van der Waals surface area contributed by atoms with Crippen LogP contribution in [0, 0.1) is 5.41 Å². The van der Waals surface area contributed by atoms with E-state index >= 15 is 0 Å². The van der Waals surface area contributed by atoms with Gasteiger partial charge in [0.2, 0.25) is 0 Å². The normalized spacial score (nSPS) is 38.5. The molecule has 0 aromatic carbocycles. The van der Waals surface area contributed by atoms with Gasteiger partial charge in [0.15, 0.2) is 0 Å². The minimum atomic E-state index is 0.557. The van der Waals surface area contributed by atoms with E-state index in [1.54, 1.807) is 0 Å². The van der Waals surface area contributed by atoms with Crippen LogP contribution in [0.1, 0.15) is 58.8 Å². The van der Waals surface area contributed by atoms with E-state index in [0.717, 1.165) is 18.1 Å². The average molecular weight is 236 g/mol. The molecule has 2 aliphatic carbocycles. The van der Waals surface area contributed by atoms with Gasteiger partial charge in [-0.3, -0.25) is 4.90 Å². The van der Waals surface area contributed by atoms with Crippen LogP contribution in [-0.4, -0.2) is 36.1 Å². The number of nitrogens with one attached hydrogen (secondary N) is 1. The fraction of sp³-hybridized carbons (Fsp3) is 1.00. The molecular weight excluding hydrogens is 208 g/mol. The highest BCUT2D eigenvalue weighted by Gasteiger charge is 2.40. The maximum Gasteiger partial charge on any atom is 0.0198 e. The van der Waals surface area contributed by atoms with Crippen molar-refractivity contribution in [3.63, 3.8) is 0 Å². The van der Waals surface area contributed by atoms with Gasteiger partial charge in [0.25, 0.3) is 0 Å². The summed E-state index contributed by atoms with van der Waals surface area (Å²) in [6.07, 6.45) is 9.95. The quantitative estimate of drug-likeness (QED) is 0.810. The monoisotopic (exact) mass is 236 g/mol. The van der Waals surface area contributed by atoms with Gasteiger partial charge < -0.3 is 5.32 Å². The molecule has 1 saturated heterocycles. The van der Waals surface area contributed by atoms with Crippen LogP contribution in [-0.2, 0) is 0 Å². The largest absolute Gasteiger partial charge is 0.310 e. The third-order valence-corrected chi connectivity index (χ3v) is 5.14. The first kappa shape index (κ1) is 12.0. The lowest BCUT2D eigenvalue weighted by Crippen LogP contribution is -2.52. The van der Waals surface area contributed by atoms with Gasteiger partial charge in [0.1, 0.15) is 0 Å². The van der Waals surface area contributed by atoms with Crippen molar-refractivity contribution in [3.05, 3.63) is 0 Å². The van der Waals surface area contributed by atoms with Gasteiger partial charge in [-0.25, -0.2) is 0 Å². The van der Waals surface area contributed by atoms with Gasteiger partial charge in [-0.15, -0.1) is 0 Å². The van der Waals surface area contributed by atoms with Gasteiger partial charge in [-0.05, 0) is 50.5 Å². The Kier molecular flexibility index (Phi) is 3.20. The molecule has 3 aliphatic rings. The lowest BCUT2D eigenvalue weighted by atomic mass is 9.85. The van der Waals surface area contributed by atoms with E-state index in [2.05, 4.69) is 24.1 Å². The molecule has 17 heavy (non-hydrogen) atoms. The number of hydrogen-bond acceptors (Lipinski definition) is 2. The lowest BCUT2D eigenvalue weighted by molar-refractivity contribution is 0.0771. The van der Waals surface area contributed by atoms with Crippen molar-refractivity contribution >= 4 is 0 Å². The highest BCUT2D eigenvalue weighted by atomic mass is 15.2. The Hall–Kier alpha value is -0.0800. The first-order chi connectivity index (χ1) is 8.15. The lowest BCUT2D eigenvalue weighted by Gasteiger charge is -2.42. The molecule has 2 nitrogen and oxygen atoms in total. The van der Waals surface area contributed by atoms with Crippen LogP contribution < -0.4 is 5.32 Å². The zero-order valence-electron chi connectivity index (χ0n) is 11.5. The van der Waals surface area contributed by atoms with Crippen molar-refractivity contribution in [2.24, 2.45) is 5.41 Å². The summed E-state index contributed by atoms with van der Waals surface area (Å²) in [4.78, 5) is 2.80. The van der Waals surface area contributed by atoms with Crippen LogP contribution >= 0.6 is 0 Å². The predicted molar refractivity (Wildman–Crippen MR) is 72.2 cm³/mol. The van der Waals surface area contributed by atoms with Crippen LogP contribution in [0.15, 0.2) is 0 Å². The molecule has 1 N–H and O–H groups in total. The number of rotatable bonds is 3. The Morgan fingerprint density at radius 2 is 1.82 bits per heavy atom. The molecule has 0 aromatic rings. The fourth-order valence-electron chi connectivity index (χ4n) is 3.99. The second-order valence-electron chi connectivity index (χ2n) is 7.17. The molecule has 2 saturated carbocycles. The summed E-state index contributed by atoms with van der Waals surface area (Å²) in [6.45, 7) is 7.60. The van der Waals surface area contributed by atoms with Gasteiger partial charge in [0.05, 0.1) is 0 Å². The van der Waals surface area contributed by atoms with Crippen molar-refractivity contribution in [3.8, 4) is 0 Å². The zero-order chi connectivity index (χ0) is 11.9. The summed E-state index contributed by atoms with van der Waals surface area (Å²) in [7, 11) is 0. The summed E-state index contributed by atoms with van der Waals surface area (Å²) >= 11 is 0. The van der Waals surface area contributed by atoms with Crippen molar-refractivity contribution < 1.29 is 0 Å². The summed E-state index contributed by atoms with van der Waals surface area (Å²) < 4.78 is 0. The van der Waals surface area contributed by atoms with Crippen LogP contribution in [0.4, 0.5) is 0 Å². The van der Waals surface area contributed by atoms with Gasteiger partial charge in [0, 0.05) is 24.7 Å². The number of piperidine rings is 1. The molecule has 0 aromatic heterocycles. The minimum absolute atomic E-state index is 0.557. The van der Waals surface area contributed by atoms with Crippen LogP contribution in [0.25, 0.3) is 0 Å². The molecular formula is C15H28N2. The summed E-state index contributed by atoms with van der Waals surface area (Å²) in [6, 6.07) is 2.51. The van der Waals surface area contributed by atoms with E-state index in [0.29, 0.717) is 5.41 Å². The fourth-order valence-corrected chi connectivity index (χ4v) is 3.99. The maximum atomic E-state index is 3.83. The predicted octanol–water partition coefficient (Wildman–Crippen LogP) is 2.78. The molecule has 0 radical (unpaired) electrons. The van der Waals surface area contributed by atoms with Crippen molar-refractivity contribution in [2.45, 2.75) is 76.9 Å². The second-order valence-corrected chi connectivity index (χ2v) is 7.17. The highest BCUT2D eigenvalue weighted by Crippen LogP contribution is 2.41. The molecule has 2 heteroatoms. The van der Waals surface area contributed by atoms with Gasteiger partial charge in [-0.2, -0.15) is 0 Å². The third kappa shape index (κ3) is 2.68. The average Bonchev–Trinajstić information content (AvgIpc) is 3.01. The summed E-state index contributed by atoms with van der Waals surface area (Å²) in [5.74, 6) is 0. The van der Waals surface area contributed by atoms with E-state index in [1.807, 2.05) is 0 Å².